The van der Waals surface area contributed by atoms with Crippen LogP contribution in [-0.2, 0) is 28.9 Å². The lowest BCUT2D eigenvalue weighted by atomic mass is 9.93. The molecule has 1 aliphatic rings. The largest absolute Gasteiger partial charge is 0.548 e. The summed E-state index contributed by atoms with van der Waals surface area (Å²) in [6, 6.07) is 0.894. The average molecular weight is 410 g/mol. The fourth-order valence-electron chi connectivity index (χ4n) is 4.35. The zero-order valence-corrected chi connectivity index (χ0v) is 17.3. The highest BCUT2D eigenvalue weighted by Crippen LogP contribution is 2.37. The van der Waals surface area contributed by atoms with Crippen LogP contribution in [0.5, 0.6) is 0 Å². The van der Waals surface area contributed by atoms with Crippen LogP contribution in [0.15, 0.2) is 19.7 Å². The second kappa shape index (κ2) is 7.63. The van der Waals surface area contributed by atoms with Crippen LogP contribution < -0.4 is 16.0 Å². The van der Waals surface area contributed by atoms with Crippen molar-refractivity contribution in [2.24, 2.45) is 0 Å². The van der Waals surface area contributed by atoms with Crippen LogP contribution in [0.2, 0.25) is 0 Å². The molecule has 0 saturated heterocycles. The molecule has 0 unspecified atom stereocenters. The summed E-state index contributed by atoms with van der Waals surface area (Å²) in [5.74, 6) is -0.905. The zero-order chi connectivity index (χ0) is 21.6. The van der Waals surface area contributed by atoms with Crippen LogP contribution in [0, 0.1) is 13.8 Å². The van der Waals surface area contributed by atoms with Gasteiger partial charge in [0.1, 0.15) is 16.9 Å². The summed E-state index contributed by atoms with van der Waals surface area (Å²) in [5, 5.41) is 15.3. The Labute approximate surface area is 173 Å². The maximum absolute atomic E-state index is 12.7. The molecule has 1 aliphatic carbocycles. The van der Waals surface area contributed by atoms with Gasteiger partial charge in [-0.25, -0.2) is 4.79 Å². The standard InChI is InChI=1S/C23H25NO6/c1-4-17(22(26)27)24-19(25)10-15-11(2)14-9-16-13-7-5-6-8-18(13)29-21(16)12(3)20(14)30-23(15)28/h9,17H,4-8,10H2,1-3H3,(H,24,25)(H,26,27)/p-1/t17-/m0/s1. The third kappa shape index (κ3) is 3.28. The number of carbonyl (C=O) groups is 2. The molecule has 1 amide bonds. The van der Waals surface area contributed by atoms with Gasteiger partial charge in [-0.05, 0) is 51.2 Å². The number of hydrogen-bond acceptors (Lipinski definition) is 6. The average Bonchev–Trinajstić information content (AvgIpc) is 3.09. The molecule has 2 heterocycles. The van der Waals surface area contributed by atoms with E-state index in [-0.39, 0.29) is 18.4 Å². The van der Waals surface area contributed by atoms with Crippen LogP contribution in [0.25, 0.3) is 21.9 Å². The summed E-state index contributed by atoms with van der Waals surface area (Å²) in [6.45, 7) is 5.30. The Morgan fingerprint density at radius 3 is 2.50 bits per heavy atom. The predicted octanol–water partition coefficient (Wildman–Crippen LogP) is 2.22. The molecule has 158 valence electrons. The summed E-state index contributed by atoms with van der Waals surface area (Å²) in [4.78, 5) is 36.1. The Morgan fingerprint density at radius 2 is 1.80 bits per heavy atom. The number of aryl methyl sites for hydroxylation is 4. The monoisotopic (exact) mass is 410 g/mol. The Morgan fingerprint density at radius 1 is 1.10 bits per heavy atom. The molecule has 3 aromatic rings. The molecule has 30 heavy (non-hydrogen) atoms. The highest BCUT2D eigenvalue weighted by molar-refractivity contribution is 6.00. The topological polar surface area (TPSA) is 113 Å². The molecule has 1 aromatic carbocycles. The highest BCUT2D eigenvalue weighted by atomic mass is 16.4. The SMILES string of the molecule is CC[C@H](NC(=O)Cc1c(C)c2cc3c4c(oc3c(C)c2oc1=O)CCCC4)C(=O)[O-]. The van der Waals surface area contributed by atoms with E-state index in [1.54, 1.807) is 13.8 Å². The van der Waals surface area contributed by atoms with E-state index in [2.05, 4.69) is 5.32 Å². The normalized spacial score (nSPS) is 14.6. The molecule has 0 bridgehead atoms. The van der Waals surface area contributed by atoms with Crippen molar-refractivity contribution in [2.45, 2.75) is 65.3 Å². The van der Waals surface area contributed by atoms with E-state index >= 15 is 0 Å². The molecule has 0 saturated carbocycles. The first-order valence-electron chi connectivity index (χ1n) is 10.3. The van der Waals surface area contributed by atoms with Crippen molar-refractivity contribution in [3.05, 3.63) is 44.5 Å². The quantitative estimate of drug-likeness (QED) is 0.646. The van der Waals surface area contributed by atoms with Crippen molar-refractivity contribution in [2.75, 3.05) is 0 Å². The Kier molecular flexibility index (Phi) is 5.13. The van der Waals surface area contributed by atoms with Crippen molar-refractivity contribution in [3.63, 3.8) is 0 Å². The van der Waals surface area contributed by atoms with Crippen molar-refractivity contribution < 1.29 is 23.5 Å². The van der Waals surface area contributed by atoms with E-state index in [4.69, 9.17) is 8.83 Å². The number of rotatable bonds is 5. The second-order valence-corrected chi connectivity index (χ2v) is 7.98. The van der Waals surface area contributed by atoms with Gasteiger partial charge in [-0.15, -0.1) is 0 Å². The Balaban J connectivity index is 1.80. The maximum Gasteiger partial charge on any atom is 0.340 e. The third-order valence-electron chi connectivity index (χ3n) is 6.09. The van der Waals surface area contributed by atoms with Crippen LogP contribution >= 0.6 is 0 Å². The number of furan rings is 1. The molecule has 0 radical (unpaired) electrons. The van der Waals surface area contributed by atoms with Crippen LogP contribution in [0.1, 0.15) is 54.2 Å². The number of carbonyl (C=O) groups excluding carboxylic acids is 2. The first-order chi connectivity index (χ1) is 14.3. The fraction of sp³-hybridized carbons (Fsp3) is 0.435. The number of aliphatic carboxylic acids is 1. The van der Waals surface area contributed by atoms with Crippen LogP contribution in [-0.4, -0.2) is 17.9 Å². The molecule has 4 rings (SSSR count). The smallest absolute Gasteiger partial charge is 0.340 e. The maximum atomic E-state index is 12.7. The number of fused-ring (bicyclic) bond motifs is 4. The molecule has 7 nitrogen and oxygen atoms in total. The van der Waals surface area contributed by atoms with E-state index in [0.717, 1.165) is 53.4 Å². The third-order valence-corrected chi connectivity index (χ3v) is 6.09. The zero-order valence-electron chi connectivity index (χ0n) is 17.3. The number of benzene rings is 1. The van der Waals surface area contributed by atoms with Crippen LogP contribution in [0.3, 0.4) is 0 Å². The molecule has 1 atom stereocenters. The van der Waals surface area contributed by atoms with E-state index in [1.807, 2.05) is 13.0 Å². The molecule has 0 fully saturated rings. The first kappa shape index (κ1) is 20.2. The Hall–Kier alpha value is -3.09. The van der Waals surface area contributed by atoms with Gasteiger partial charge in [0.2, 0.25) is 5.91 Å². The first-order valence-corrected chi connectivity index (χ1v) is 10.3. The minimum Gasteiger partial charge on any atom is -0.548 e. The van der Waals surface area contributed by atoms with E-state index < -0.39 is 23.5 Å². The molecular formula is C23H24NO6-. The lowest BCUT2D eigenvalue weighted by Gasteiger charge is -2.18. The van der Waals surface area contributed by atoms with Crippen molar-refractivity contribution in [1.82, 2.24) is 5.32 Å². The van der Waals surface area contributed by atoms with Gasteiger partial charge < -0.3 is 24.1 Å². The predicted molar refractivity (Wildman–Crippen MR) is 109 cm³/mol. The number of nitrogens with one attached hydrogen (secondary N) is 1. The summed E-state index contributed by atoms with van der Waals surface area (Å²) < 4.78 is 11.7. The summed E-state index contributed by atoms with van der Waals surface area (Å²) in [5.41, 5.74) is 3.49. The van der Waals surface area contributed by atoms with Gasteiger partial charge in [0.15, 0.2) is 0 Å². The fourth-order valence-corrected chi connectivity index (χ4v) is 4.35. The molecule has 1 N–H and O–H groups in total. The molecule has 0 spiro atoms. The van der Waals surface area contributed by atoms with Gasteiger partial charge in [-0.2, -0.15) is 0 Å². The summed E-state index contributed by atoms with van der Waals surface area (Å²) in [7, 11) is 0. The van der Waals surface area contributed by atoms with Gasteiger partial charge in [0.25, 0.3) is 0 Å². The van der Waals surface area contributed by atoms with Crippen LogP contribution in [0.4, 0.5) is 0 Å². The van der Waals surface area contributed by atoms with Crippen molar-refractivity contribution in [1.29, 1.82) is 0 Å². The minimum absolute atomic E-state index is 0.197. The van der Waals surface area contributed by atoms with Gasteiger partial charge in [0, 0.05) is 28.3 Å². The molecule has 7 heteroatoms. The summed E-state index contributed by atoms with van der Waals surface area (Å²) in [6.07, 6.45) is 4.02. The van der Waals surface area contributed by atoms with Gasteiger partial charge >= 0.3 is 5.63 Å². The Bertz CT molecular complexity index is 1230. The van der Waals surface area contributed by atoms with E-state index in [9.17, 15) is 19.5 Å². The number of amides is 1. The lowest BCUT2D eigenvalue weighted by molar-refractivity contribution is -0.308. The minimum atomic E-state index is -1.35. The van der Waals surface area contributed by atoms with Crippen molar-refractivity contribution >= 4 is 33.8 Å². The van der Waals surface area contributed by atoms with Gasteiger partial charge in [0.05, 0.1) is 24.0 Å². The van der Waals surface area contributed by atoms with Gasteiger partial charge in [-0.3, -0.25) is 4.79 Å². The number of carboxylic acids is 1. The van der Waals surface area contributed by atoms with Crippen molar-refractivity contribution in [3.8, 4) is 0 Å². The molecule has 2 aromatic heterocycles. The summed E-state index contributed by atoms with van der Waals surface area (Å²) >= 11 is 0. The molecule has 0 aliphatic heterocycles. The highest BCUT2D eigenvalue weighted by Gasteiger charge is 2.23. The molecular weight excluding hydrogens is 386 g/mol. The van der Waals surface area contributed by atoms with E-state index in [0.29, 0.717) is 11.1 Å². The van der Waals surface area contributed by atoms with Gasteiger partial charge in [-0.1, -0.05) is 6.92 Å². The lowest BCUT2D eigenvalue weighted by Crippen LogP contribution is -2.48. The second-order valence-electron chi connectivity index (χ2n) is 7.98. The number of carboxylic acid groups (broad SMARTS) is 1. The van der Waals surface area contributed by atoms with E-state index in [1.165, 1.54) is 5.56 Å². The number of hydrogen-bond donors (Lipinski definition) is 1.